The molecule has 0 atom stereocenters. The first-order valence-corrected chi connectivity index (χ1v) is 9.96. The molecule has 0 spiro atoms. The molecule has 1 amide bonds. The first-order chi connectivity index (χ1) is 14.6. The predicted molar refractivity (Wildman–Crippen MR) is 122 cm³/mol. The molecule has 30 heavy (non-hydrogen) atoms. The summed E-state index contributed by atoms with van der Waals surface area (Å²) in [4.78, 5) is 20.4. The van der Waals surface area contributed by atoms with Gasteiger partial charge in [0.1, 0.15) is 5.65 Å². The van der Waals surface area contributed by atoms with Gasteiger partial charge in [-0.25, -0.2) is 4.98 Å². The fourth-order valence-corrected chi connectivity index (χ4v) is 3.97. The van der Waals surface area contributed by atoms with Crippen LogP contribution >= 0.6 is 0 Å². The monoisotopic (exact) mass is 394 g/mol. The molecule has 148 valence electrons. The van der Waals surface area contributed by atoms with Crippen molar-refractivity contribution in [3.05, 3.63) is 83.7 Å². The number of hydrogen-bond donors (Lipinski definition) is 2. The summed E-state index contributed by atoms with van der Waals surface area (Å²) in [5, 5.41) is 6.41. The molecular weight excluding hydrogens is 372 g/mol. The van der Waals surface area contributed by atoms with Gasteiger partial charge >= 0.3 is 0 Å². The van der Waals surface area contributed by atoms with Gasteiger partial charge < -0.3 is 14.9 Å². The van der Waals surface area contributed by atoms with Crippen molar-refractivity contribution in [1.29, 1.82) is 0 Å². The fourth-order valence-electron chi connectivity index (χ4n) is 3.97. The van der Waals surface area contributed by atoms with Crippen LogP contribution in [0.3, 0.4) is 0 Å². The van der Waals surface area contributed by atoms with Crippen LogP contribution < -0.4 is 5.32 Å². The molecule has 5 aromatic rings. The molecule has 0 radical (unpaired) electrons. The van der Waals surface area contributed by atoms with Crippen LogP contribution in [0.25, 0.3) is 38.9 Å². The van der Waals surface area contributed by atoms with Gasteiger partial charge in [-0.1, -0.05) is 24.3 Å². The van der Waals surface area contributed by atoms with Crippen LogP contribution in [0.2, 0.25) is 0 Å². The summed E-state index contributed by atoms with van der Waals surface area (Å²) in [6.45, 7) is 2.33. The molecule has 0 bridgehead atoms. The van der Waals surface area contributed by atoms with Crippen molar-refractivity contribution >= 4 is 44.8 Å². The number of fused-ring (bicyclic) bond motifs is 4. The van der Waals surface area contributed by atoms with Gasteiger partial charge in [0.15, 0.2) is 0 Å². The third-order valence-corrected chi connectivity index (χ3v) is 5.62. The maximum atomic E-state index is 12.7. The topological polar surface area (TPSA) is 62.7 Å². The van der Waals surface area contributed by atoms with E-state index in [0.717, 1.165) is 38.7 Å². The van der Waals surface area contributed by atoms with Crippen molar-refractivity contribution in [1.82, 2.24) is 19.9 Å². The SMILES string of the molecule is CC(=Cc1ccc2[nH]c3ncccc3c2c1)C(=O)NCc1cc2ccccc2n1C. The highest BCUT2D eigenvalue weighted by Gasteiger charge is 2.09. The first-order valence-electron chi connectivity index (χ1n) is 9.96. The van der Waals surface area contributed by atoms with Gasteiger partial charge in [-0.2, -0.15) is 0 Å². The molecule has 0 aliphatic heterocycles. The number of rotatable bonds is 4. The normalized spacial score (nSPS) is 12.1. The van der Waals surface area contributed by atoms with Crippen molar-refractivity contribution in [3.63, 3.8) is 0 Å². The van der Waals surface area contributed by atoms with E-state index in [-0.39, 0.29) is 5.91 Å². The van der Waals surface area contributed by atoms with Crippen LogP contribution in [0, 0.1) is 0 Å². The molecule has 2 N–H and O–H groups in total. The van der Waals surface area contributed by atoms with Crippen LogP contribution in [-0.4, -0.2) is 20.4 Å². The fraction of sp³-hybridized carbons (Fsp3) is 0.120. The van der Waals surface area contributed by atoms with Crippen molar-refractivity contribution in [2.24, 2.45) is 7.05 Å². The second-order valence-electron chi connectivity index (χ2n) is 7.59. The lowest BCUT2D eigenvalue weighted by molar-refractivity contribution is -0.117. The van der Waals surface area contributed by atoms with E-state index in [1.54, 1.807) is 6.20 Å². The number of pyridine rings is 1. The zero-order valence-corrected chi connectivity index (χ0v) is 16.9. The average molecular weight is 394 g/mol. The highest BCUT2D eigenvalue weighted by molar-refractivity contribution is 6.07. The number of H-pyrrole nitrogens is 1. The summed E-state index contributed by atoms with van der Waals surface area (Å²) in [5.74, 6) is -0.0686. The van der Waals surface area contributed by atoms with E-state index in [2.05, 4.69) is 50.2 Å². The number of aryl methyl sites for hydroxylation is 1. The third-order valence-electron chi connectivity index (χ3n) is 5.62. The molecule has 5 rings (SSSR count). The largest absolute Gasteiger partial charge is 0.347 e. The minimum absolute atomic E-state index is 0.0686. The summed E-state index contributed by atoms with van der Waals surface area (Å²) >= 11 is 0. The van der Waals surface area contributed by atoms with Crippen LogP contribution in [0.15, 0.2) is 72.4 Å². The minimum atomic E-state index is -0.0686. The Balaban J connectivity index is 1.36. The number of aromatic amines is 1. The highest BCUT2D eigenvalue weighted by Crippen LogP contribution is 2.25. The lowest BCUT2D eigenvalue weighted by Gasteiger charge is -2.07. The number of amides is 1. The Labute approximate surface area is 174 Å². The Hall–Kier alpha value is -3.86. The number of benzene rings is 2. The van der Waals surface area contributed by atoms with Gasteiger partial charge in [0, 0.05) is 46.3 Å². The highest BCUT2D eigenvalue weighted by atomic mass is 16.1. The molecule has 0 saturated carbocycles. The van der Waals surface area contributed by atoms with Gasteiger partial charge in [0.25, 0.3) is 0 Å². The molecule has 0 aliphatic carbocycles. The van der Waals surface area contributed by atoms with E-state index in [1.165, 1.54) is 5.39 Å². The standard InChI is InChI=1S/C25H22N4O/c1-16(25(30)27-15-19-14-18-6-3-4-8-23(18)29(19)2)12-17-9-10-22-21(13-17)20-7-5-11-26-24(20)28-22/h3-14H,15H2,1-2H3,(H,26,28)(H,27,30). The lowest BCUT2D eigenvalue weighted by Crippen LogP contribution is -2.24. The second-order valence-corrected chi connectivity index (χ2v) is 7.59. The minimum Gasteiger partial charge on any atom is -0.347 e. The van der Waals surface area contributed by atoms with Gasteiger partial charge in [-0.05, 0) is 60.3 Å². The number of nitrogens with one attached hydrogen (secondary N) is 2. The molecule has 3 aromatic heterocycles. The summed E-state index contributed by atoms with van der Waals surface area (Å²) in [5.41, 5.74) is 5.81. The zero-order chi connectivity index (χ0) is 20.7. The van der Waals surface area contributed by atoms with Gasteiger partial charge in [-0.15, -0.1) is 0 Å². The van der Waals surface area contributed by atoms with Gasteiger partial charge in [0.05, 0.1) is 6.54 Å². The second kappa shape index (κ2) is 7.19. The van der Waals surface area contributed by atoms with Crippen LogP contribution in [-0.2, 0) is 18.4 Å². The molecule has 5 nitrogen and oxygen atoms in total. The number of aromatic nitrogens is 3. The van der Waals surface area contributed by atoms with Crippen molar-refractivity contribution in [2.45, 2.75) is 13.5 Å². The maximum absolute atomic E-state index is 12.7. The smallest absolute Gasteiger partial charge is 0.247 e. The molecule has 2 aromatic carbocycles. The number of carbonyl (C=O) groups excluding carboxylic acids is 1. The summed E-state index contributed by atoms with van der Waals surface area (Å²) in [6, 6.07) is 20.5. The molecule has 0 fully saturated rings. The van der Waals surface area contributed by atoms with Crippen LogP contribution in [0.5, 0.6) is 0 Å². The van der Waals surface area contributed by atoms with Crippen molar-refractivity contribution in [3.8, 4) is 0 Å². The maximum Gasteiger partial charge on any atom is 0.247 e. The molecule has 0 saturated heterocycles. The van der Waals surface area contributed by atoms with E-state index >= 15 is 0 Å². The van der Waals surface area contributed by atoms with Crippen molar-refractivity contribution in [2.75, 3.05) is 0 Å². The Kier molecular flexibility index (Phi) is 4.36. The van der Waals surface area contributed by atoms with Crippen LogP contribution in [0.4, 0.5) is 0 Å². The van der Waals surface area contributed by atoms with Crippen LogP contribution in [0.1, 0.15) is 18.2 Å². The van der Waals surface area contributed by atoms with Gasteiger partial charge in [-0.3, -0.25) is 4.79 Å². The molecule has 5 heteroatoms. The lowest BCUT2D eigenvalue weighted by atomic mass is 10.1. The summed E-state index contributed by atoms with van der Waals surface area (Å²) < 4.78 is 2.12. The zero-order valence-electron chi connectivity index (χ0n) is 16.9. The Bertz CT molecular complexity index is 1440. The predicted octanol–water partition coefficient (Wildman–Crippen LogP) is 4.93. The summed E-state index contributed by atoms with van der Waals surface area (Å²) in [7, 11) is 2.03. The van der Waals surface area contributed by atoms with E-state index in [1.807, 2.05) is 50.4 Å². The third kappa shape index (κ3) is 3.14. The van der Waals surface area contributed by atoms with Gasteiger partial charge in [0.2, 0.25) is 5.91 Å². The number of para-hydroxylation sites is 1. The Morgan fingerprint density at radius 2 is 1.97 bits per heavy atom. The Morgan fingerprint density at radius 3 is 2.83 bits per heavy atom. The molecule has 3 heterocycles. The van der Waals surface area contributed by atoms with E-state index in [4.69, 9.17) is 0 Å². The molecule has 0 aliphatic rings. The number of nitrogens with zero attached hydrogens (tertiary/aromatic N) is 2. The van der Waals surface area contributed by atoms with E-state index < -0.39 is 0 Å². The molecule has 0 unspecified atom stereocenters. The average Bonchev–Trinajstić information content (AvgIpc) is 3.29. The first kappa shape index (κ1) is 18.2. The number of hydrogen-bond acceptors (Lipinski definition) is 2. The Morgan fingerprint density at radius 1 is 1.10 bits per heavy atom. The quantitative estimate of drug-likeness (QED) is 0.425. The molecular formula is C25H22N4O. The van der Waals surface area contributed by atoms with E-state index in [9.17, 15) is 4.79 Å². The summed E-state index contributed by atoms with van der Waals surface area (Å²) in [6.07, 6.45) is 3.70. The van der Waals surface area contributed by atoms with E-state index in [0.29, 0.717) is 12.1 Å². The van der Waals surface area contributed by atoms with Crippen molar-refractivity contribution < 1.29 is 4.79 Å². The number of carbonyl (C=O) groups is 1.